The van der Waals surface area contributed by atoms with Crippen LogP contribution in [0.2, 0.25) is 5.02 Å². The van der Waals surface area contributed by atoms with Crippen molar-refractivity contribution in [2.24, 2.45) is 34.5 Å². The second kappa shape index (κ2) is 9.34. The van der Waals surface area contributed by atoms with Gasteiger partial charge in [0, 0.05) is 5.92 Å². The van der Waals surface area contributed by atoms with Gasteiger partial charge in [0.2, 0.25) is 0 Å². The van der Waals surface area contributed by atoms with Gasteiger partial charge in [-0.25, -0.2) is 9.18 Å². The summed E-state index contributed by atoms with van der Waals surface area (Å²) in [6.45, 7) is 13.4. The third-order valence-electron chi connectivity index (χ3n) is 11.2. The van der Waals surface area contributed by atoms with Crippen LogP contribution in [0.5, 0.6) is 0 Å². The van der Waals surface area contributed by atoms with E-state index < -0.39 is 46.7 Å². The Hall–Kier alpha value is -2.85. The summed E-state index contributed by atoms with van der Waals surface area (Å²) in [5.74, 6) is -2.97. The molecule has 3 fully saturated rings. The summed E-state index contributed by atoms with van der Waals surface area (Å²) >= 11 is 6.32. The lowest BCUT2D eigenvalue weighted by atomic mass is 9.59. The van der Waals surface area contributed by atoms with Crippen LogP contribution in [0, 0.1) is 47.2 Å². The van der Waals surface area contributed by atoms with E-state index in [4.69, 9.17) is 30.3 Å². The first-order valence-electron chi connectivity index (χ1n) is 15.2. The van der Waals surface area contributed by atoms with Crippen molar-refractivity contribution >= 4 is 23.4 Å². The van der Waals surface area contributed by atoms with Crippen molar-refractivity contribution in [1.29, 1.82) is 0 Å². The quantitative estimate of drug-likeness (QED) is 0.316. The number of ketones is 1. The lowest BCUT2D eigenvalue weighted by molar-refractivity contribution is -0.302. The van der Waals surface area contributed by atoms with E-state index in [2.05, 4.69) is 19.0 Å². The number of aryl methyl sites for hydroxylation is 1. The summed E-state index contributed by atoms with van der Waals surface area (Å²) in [7, 11) is 0. The SMILES string of the molecule is CC1=CC23C(=O)C(C=C4COC(C)(C)OC4C2(O)C1OC(=O)c1c(-c2c(F)cccc2Cl)noc1C)C1C(C[C@H]3C)C1(C)C. The molecule has 44 heavy (non-hydrogen) atoms. The first-order chi connectivity index (χ1) is 20.6. The Morgan fingerprint density at radius 3 is 2.64 bits per heavy atom. The number of nitrogens with zero attached hydrogens (tertiary/aromatic N) is 1. The second-order valence-electron chi connectivity index (χ2n) is 14.3. The molecule has 1 N–H and O–H groups in total. The van der Waals surface area contributed by atoms with E-state index in [0.29, 0.717) is 17.1 Å². The van der Waals surface area contributed by atoms with Gasteiger partial charge in [-0.2, -0.15) is 0 Å². The van der Waals surface area contributed by atoms with Gasteiger partial charge >= 0.3 is 5.97 Å². The number of esters is 1. The van der Waals surface area contributed by atoms with Crippen LogP contribution in [0.4, 0.5) is 4.39 Å². The predicted octanol–water partition coefficient (Wildman–Crippen LogP) is 6.23. The van der Waals surface area contributed by atoms with Gasteiger partial charge in [0.1, 0.15) is 28.9 Å². The average Bonchev–Trinajstić information content (AvgIpc) is 3.19. The molecule has 1 saturated heterocycles. The Bertz CT molecular complexity index is 1650. The summed E-state index contributed by atoms with van der Waals surface area (Å²) in [5, 5.41) is 17.2. The number of aromatic nitrogens is 1. The van der Waals surface area contributed by atoms with E-state index >= 15 is 0 Å². The Balaban J connectivity index is 1.37. The first kappa shape index (κ1) is 29.8. The number of hydrogen-bond acceptors (Lipinski definition) is 8. The fourth-order valence-electron chi connectivity index (χ4n) is 8.97. The smallest absolute Gasteiger partial charge is 0.344 e. The highest BCUT2D eigenvalue weighted by molar-refractivity contribution is 6.33. The normalized spacial score (nSPS) is 37.9. The third-order valence-corrected chi connectivity index (χ3v) is 11.5. The summed E-state index contributed by atoms with van der Waals surface area (Å²) in [6, 6.07) is 4.14. The first-order valence-corrected chi connectivity index (χ1v) is 15.5. The van der Waals surface area contributed by atoms with Crippen LogP contribution in [-0.4, -0.2) is 52.2 Å². The number of carbonyl (C=O) groups is 2. The van der Waals surface area contributed by atoms with Crippen LogP contribution in [0.3, 0.4) is 0 Å². The number of allylic oxidation sites excluding steroid dienone is 1. The fourth-order valence-corrected chi connectivity index (χ4v) is 9.23. The van der Waals surface area contributed by atoms with Crippen LogP contribution >= 0.6 is 11.6 Å². The minimum Gasteiger partial charge on any atom is -0.451 e. The molecule has 2 aromatic rings. The van der Waals surface area contributed by atoms with Crippen LogP contribution in [0.1, 0.15) is 64.1 Å². The molecule has 7 rings (SSSR count). The lowest BCUT2D eigenvalue weighted by Crippen LogP contribution is -2.68. The van der Waals surface area contributed by atoms with E-state index in [1.54, 1.807) is 20.8 Å². The van der Waals surface area contributed by atoms with Crippen molar-refractivity contribution < 1.29 is 37.8 Å². The summed E-state index contributed by atoms with van der Waals surface area (Å²) in [5.41, 5.74) is -2.55. The van der Waals surface area contributed by atoms with Gasteiger partial charge in [0.15, 0.2) is 23.3 Å². The fraction of sp³-hybridized carbons (Fsp3) is 0.559. The number of ether oxygens (including phenoxy) is 3. The molecule has 1 spiro atoms. The van der Waals surface area contributed by atoms with Gasteiger partial charge < -0.3 is 23.8 Å². The summed E-state index contributed by atoms with van der Waals surface area (Å²) < 4.78 is 39.0. The molecule has 4 aliphatic carbocycles. The highest BCUT2D eigenvalue weighted by Gasteiger charge is 2.77. The number of hydrogen-bond donors (Lipinski definition) is 1. The van der Waals surface area contributed by atoms with Gasteiger partial charge in [0.25, 0.3) is 0 Å². The number of Topliss-reactive ketones (excluding diaryl/α,β-unsaturated/α-hetero) is 1. The highest BCUT2D eigenvalue weighted by atomic mass is 35.5. The maximum atomic E-state index is 15.0. The minimum atomic E-state index is -1.99. The zero-order valence-electron chi connectivity index (χ0n) is 25.9. The molecule has 2 heterocycles. The molecular weight excluding hydrogens is 589 g/mol. The Morgan fingerprint density at radius 2 is 1.93 bits per heavy atom. The molecule has 7 unspecified atom stereocenters. The highest BCUT2D eigenvalue weighted by Crippen LogP contribution is 2.72. The van der Waals surface area contributed by atoms with Crippen LogP contribution in [-0.2, 0) is 19.0 Å². The van der Waals surface area contributed by atoms with E-state index in [1.165, 1.54) is 25.1 Å². The molecule has 8 atom stereocenters. The number of carbonyl (C=O) groups excluding carboxylic acids is 2. The third kappa shape index (κ3) is 3.76. The van der Waals surface area contributed by atoms with Crippen molar-refractivity contribution in [3.8, 4) is 11.3 Å². The van der Waals surface area contributed by atoms with Gasteiger partial charge in [0.05, 0.1) is 22.6 Å². The summed E-state index contributed by atoms with van der Waals surface area (Å²) in [4.78, 5) is 29.0. The minimum absolute atomic E-state index is 0.0275. The number of aliphatic hydroxyl groups is 1. The topological polar surface area (TPSA) is 108 Å². The number of rotatable bonds is 3. The number of benzene rings is 1. The molecule has 2 saturated carbocycles. The molecule has 2 bridgehead atoms. The molecular formula is C34H37ClFNO7. The second-order valence-corrected chi connectivity index (χ2v) is 14.7. The Labute approximate surface area is 260 Å². The van der Waals surface area contributed by atoms with E-state index in [-0.39, 0.29) is 57.2 Å². The van der Waals surface area contributed by atoms with E-state index in [9.17, 15) is 19.1 Å². The largest absolute Gasteiger partial charge is 0.451 e. The lowest BCUT2D eigenvalue weighted by Gasteiger charge is -2.52. The van der Waals surface area contributed by atoms with Gasteiger partial charge in [-0.05, 0) is 80.6 Å². The molecule has 234 valence electrons. The van der Waals surface area contributed by atoms with Crippen molar-refractivity contribution in [2.45, 2.75) is 78.5 Å². The standard InChI is InChI=1S/C34H37ClFNO7/c1-15-13-33-16(2)11-20-25(31(20,4)5)19(27(33)38)12-18-14-41-32(6,7)43-29(18)34(33,40)28(15)42-30(39)23-17(3)44-37-26(23)24-21(35)9-8-10-22(24)36/h8-10,12-13,16,19-20,25,28-29,40H,11,14H2,1-7H3/t16-,19?,20?,25?,28?,29?,33?,34?/m1/s1. The molecule has 5 aliphatic rings. The maximum absolute atomic E-state index is 15.0. The zero-order valence-corrected chi connectivity index (χ0v) is 26.6. The molecule has 0 radical (unpaired) electrons. The molecule has 0 amide bonds. The van der Waals surface area contributed by atoms with Gasteiger partial charge in [-0.3, -0.25) is 4.79 Å². The van der Waals surface area contributed by atoms with Crippen molar-refractivity contribution in [3.05, 3.63) is 63.7 Å². The molecule has 1 aliphatic heterocycles. The van der Waals surface area contributed by atoms with Crippen LogP contribution < -0.4 is 0 Å². The summed E-state index contributed by atoms with van der Waals surface area (Å²) in [6.07, 6.45) is 2.22. The van der Waals surface area contributed by atoms with Crippen molar-refractivity contribution in [3.63, 3.8) is 0 Å². The van der Waals surface area contributed by atoms with Gasteiger partial charge in [-0.1, -0.05) is 55.7 Å². The van der Waals surface area contributed by atoms with E-state index in [0.717, 1.165) is 6.42 Å². The van der Waals surface area contributed by atoms with Gasteiger partial charge in [-0.15, -0.1) is 0 Å². The van der Waals surface area contributed by atoms with E-state index in [1.807, 2.05) is 19.1 Å². The predicted molar refractivity (Wildman–Crippen MR) is 158 cm³/mol. The van der Waals surface area contributed by atoms with Crippen LogP contribution in [0.25, 0.3) is 11.3 Å². The molecule has 1 aromatic carbocycles. The number of halogens is 2. The molecule has 1 aromatic heterocycles. The molecule has 8 nitrogen and oxygen atoms in total. The van der Waals surface area contributed by atoms with Crippen molar-refractivity contribution in [2.75, 3.05) is 6.61 Å². The Morgan fingerprint density at radius 1 is 1.20 bits per heavy atom. The Kier molecular flexibility index (Phi) is 6.34. The zero-order chi connectivity index (χ0) is 31.7. The van der Waals surface area contributed by atoms with Crippen molar-refractivity contribution in [1.82, 2.24) is 5.16 Å². The number of fused-ring (bicyclic) bond motifs is 5. The maximum Gasteiger partial charge on any atom is 0.344 e. The monoisotopic (exact) mass is 625 g/mol. The van der Waals surface area contributed by atoms with Crippen LogP contribution in [0.15, 0.2) is 46.0 Å². The molecule has 10 heteroatoms. The average molecular weight is 626 g/mol.